The first-order valence-electron chi connectivity index (χ1n) is 6.23. The van der Waals surface area contributed by atoms with E-state index in [0.29, 0.717) is 6.54 Å². The highest BCUT2D eigenvalue weighted by atomic mass is 79.9. The number of hydrogen-bond donors (Lipinski definition) is 1. The number of hydrogen-bond acceptors (Lipinski definition) is 3. The van der Waals surface area contributed by atoms with Gasteiger partial charge >= 0.3 is 0 Å². The lowest BCUT2D eigenvalue weighted by molar-refractivity contribution is -0.122. The minimum Gasteiger partial charge on any atom is -0.309 e. The lowest BCUT2D eigenvalue weighted by Crippen LogP contribution is -2.59. The molecule has 1 saturated heterocycles. The summed E-state index contributed by atoms with van der Waals surface area (Å²) >= 11 is 3.49. The maximum absolute atomic E-state index is 12.4. The van der Waals surface area contributed by atoms with Crippen molar-refractivity contribution >= 4 is 27.5 Å². The molecule has 1 aliphatic rings. The van der Waals surface area contributed by atoms with E-state index in [2.05, 4.69) is 27.3 Å². The molecular weight excluding hydrogens is 306 g/mol. The molecule has 1 aliphatic heterocycles. The minimum atomic E-state index is -0.408. The van der Waals surface area contributed by atoms with Crippen LogP contribution in [0.4, 0.5) is 5.69 Å². The fourth-order valence-corrected chi connectivity index (χ4v) is 2.61. The van der Waals surface area contributed by atoms with Crippen molar-refractivity contribution in [1.29, 1.82) is 5.26 Å². The van der Waals surface area contributed by atoms with E-state index >= 15 is 0 Å². The predicted octanol–water partition coefficient (Wildman–Crippen LogP) is 2.36. The number of benzene rings is 1. The number of carbonyl (C=O) groups is 1. The lowest BCUT2D eigenvalue weighted by Gasteiger charge is -2.36. The molecule has 0 bridgehead atoms. The van der Waals surface area contributed by atoms with Gasteiger partial charge in [-0.15, -0.1) is 0 Å². The molecule has 0 aromatic heterocycles. The molecule has 1 heterocycles. The Morgan fingerprint density at radius 2 is 2.32 bits per heavy atom. The van der Waals surface area contributed by atoms with Crippen LogP contribution in [0.25, 0.3) is 0 Å². The van der Waals surface area contributed by atoms with E-state index < -0.39 is 6.04 Å². The van der Waals surface area contributed by atoms with Crippen molar-refractivity contribution in [3.63, 3.8) is 0 Å². The van der Waals surface area contributed by atoms with Gasteiger partial charge in [0.05, 0.1) is 12.5 Å². The average molecular weight is 322 g/mol. The largest absolute Gasteiger partial charge is 0.309 e. The Bertz CT molecular complexity index is 538. The molecule has 2 rings (SSSR count). The second-order valence-corrected chi connectivity index (χ2v) is 5.72. The van der Waals surface area contributed by atoms with Gasteiger partial charge in [-0.3, -0.25) is 4.79 Å². The molecule has 0 aliphatic carbocycles. The molecular formula is C14H16BrN3O. The molecule has 19 heavy (non-hydrogen) atoms. The number of anilines is 1. The number of aryl methyl sites for hydroxylation is 1. The van der Waals surface area contributed by atoms with Gasteiger partial charge in [-0.2, -0.15) is 5.26 Å². The van der Waals surface area contributed by atoms with Crippen molar-refractivity contribution in [2.75, 3.05) is 11.4 Å². The van der Waals surface area contributed by atoms with Crippen LogP contribution in [0.3, 0.4) is 0 Å². The molecule has 1 amide bonds. The molecule has 2 unspecified atom stereocenters. The summed E-state index contributed by atoms with van der Waals surface area (Å²) in [5.74, 6) is -0.0320. The van der Waals surface area contributed by atoms with Gasteiger partial charge in [0.25, 0.3) is 0 Å². The highest BCUT2D eigenvalue weighted by molar-refractivity contribution is 9.10. The first kappa shape index (κ1) is 14.0. The molecule has 2 atom stereocenters. The maximum Gasteiger partial charge on any atom is 0.245 e. The molecule has 1 N–H and O–H groups in total. The number of nitriles is 1. The van der Waals surface area contributed by atoms with Crippen molar-refractivity contribution in [2.24, 2.45) is 0 Å². The average Bonchev–Trinajstić information content (AvgIpc) is 2.37. The summed E-state index contributed by atoms with van der Waals surface area (Å²) in [5, 5.41) is 12.0. The Hall–Kier alpha value is -1.38. The van der Waals surface area contributed by atoms with Crippen molar-refractivity contribution < 1.29 is 4.79 Å². The Morgan fingerprint density at radius 1 is 1.58 bits per heavy atom. The van der Waals surface area contributed by atoms with Gasteiger partial charge < -0.3 is 10.2 Å². The first-order valence-corrected chi connectivity index (χ1v) is 7.02. The number of nitrogens with one attached hydrogen (secondary N) is 1. The summed E-state index contributed by atoms with van der Waals surface area (Å²) in [7, 11) is 0. The molecule has 100 valence electrons. The van der Waals surface area contributed by atoms with Crippen LogP contribution in [0.2, 0.25) is 0 Å². The molecule has 4 nitrogen and oxygen atoms in total. The second kappa shape index (κ2) is 5.72. The van der Waals surface area contributed by atoms with Crippen LogP contribution in [0, 0.1) is 18.3 Å². The third-order valence-electron chi connectivity index (χ3n) is 3.27. The summed E-state index contributed by atoms with van der Waals surface area (Å²) in [4.78, 5) is 14.1. The normalized spacial score (nSPS) is 23.3. The molecule has 0 saturated carbocycles. The summed E-state index contributed by atoms with van der Waals surface area (Å²) in [5.41, 5.74) is 2.01. The Kier molecular flexibility index (Phi) is 4.23. The SMILES string of the molecule is Cc1ccc(N2CC(C)NC(CC#N)C2=O)cc1Br. The number of carbonyl (C=O) groups excluding carboxylic acids is 1. The van der Waals surface area contributed by atoms with Crippen LogP contribution in [0.15, 0.2) is 22.7 Å². The van der Waals surface area contributed by atoms with Crippen LogP contribution in [0.5, 0.6) is 0 Å². The van der Waals surface area contributed by atoms with E-state index in [4.69, 9.17) is 5.26 Å². The number of halogens is 1. The van der Waals surface area contributed by atoms with Crippen molar-refractivity contribution in [3.05, 3.63) is 28.2 Å². The van der Waals surface area contributed by atoms with Crippen LogP contribution in [-0.2, 0) is 4.79 Å². The van der Waals surface area contributed by atoms with E-state index in [1.54, 1.807) is 4.90 Å². The molecule has 1 aromatic rings. The van der Waals surface area contributed by atoms with Gasteiger partial charge in [-0.25, -0.2) is 0 Å². The highest BCUT2D eigenvalue weighted by Crippen LogP contribution is 2.25. The quantitative estimate of drug-likeness (QED) is 0.909. The lowest BCUT2D eigenvalue weighted by atomic mass is 10.1. The second-order valence-electron chi connectivity index (χ2n) is 4.86. The fourth-order valence-electron chi connectivity index (χ4n) is 2.24. The van der Waals surface area contributed by atoms with E-state index in [9.17, 15) is 4.79 Å². The monoisotopic (exact) mass is 321 g/mol. The Labute approximate surface area is 121 Å². The summed E-state index contributed by atoms with van der Waals surface area (Å²) < 4.78 is 0.987. The third-order valence-corrected chi connectivity index (χ3v) is 4.12. The van der Waals surface area contributed by atoms with Crippen LogP contribution < -0.4 is 10.2 Å². The third kappa shape index (κ3) is 2.96. The maximum atomic E-state index is 12.4. The van der Waals surface area contributed by atoms with Gasteiger partial charge in [-0.1, -0.05) is 22.0 Å². The first-order chi connectivity index (χ1) is 9.02. The zero-order chi connectivity index (χ0) is 14.0. The highest BCUT2D eigenvalue weighted by Gasteiger charge is 2.32. The molecule has 1 aromatic carbocycles. The van der Waals surface area contributed by atoms with Gasteiger partial charge in [-0.05, 0) is 31.5 Å². The molecule has 1 fully saturated rings. The van der Waals surface area contributed by atoms with Crippen molar-refractivity contribution in [2.45, 2.75) is 32.4 Å². The van der Waals surface area contributed by atoms with E-state index in [1.807, 2.05) is 32.0 Å². The molecule has 0 radical (unpaired) electrons. The number of rotatable bonds is 2. The standard InChI is InChI=1S/C14H16BrN3O/c1-9-3-4-11(7-12(9)15)18-8-10(2)17-13(5-6-16)14(18)19/h3-4,7,10,13,17H,5,8H2,1-2H3. The van der Waals surface area contributed by atoms with Gasteiger partial charge in [0.1, 0.15) is 6.04 Å². The van der Waals surface area contributed by atoms with Gasteiger partial charge in [0, 0.05) is 22.7 Å². The molecule has 0 spiro atoms. The number of amides is 1. The zero-order valence-electron chi connectivity index (χ0n) is 11.0. The Balaban J connectivity index is 2.29. The van der Waals surface area contributed by atoms with Crippen molar-refractivity contribution in [3.8, 4) is 6.07 Å². The summed E-state index contributed by atoms with van der Waals surface area (Å²) in [6, 6.07) is 7.71. The van der Waals surface area contributed by atoms with E-state index in [1.165, 1.54) is 0 Å². The topological polar surface area (TPSA) is 56.1 Å². The predicted molar refractivity (Wildman–Crippen MR) is 77.8 cm³/mol. The van der Waals surface area contributed by atoms with E-state index in [-0.39, 0.29) is 18.4 Å². The summed E-state index contributed by atoms with van der Waals surface area (Å²) in [6.07, 6.45) is 0.201. The number of piperazine rings is 1. The van der Waals surface area contributed by atoms with Crippen molar-refractivity contribution in [1.82, 2.24) is 5.32 Å². The van der Waals surface area contributed by atoms with Crippen LogP contribution >= 0.6 is 15.9 Å². The van der Waals surface area contributed by atoms with Crippen LogP contribution in [0.1, 0.15) is 18.9 Å². The van der Waals surface area contributed by atoms with E-state index in [0.717, 1.165) is 15.7 Å². The van der Waals surface area contributed by atoms with Crippen LogP contribution in [-0.4, -0.2) is 24.5 Å². The zero-order valence-corrected chi connectivity index (χ0v) is 12.6. The van der Waals surface area contributed by atoms with Gasteiger partial charge in [0.2, 0.25) is 5.91 Å². The van der Waals surface area contributed by atoms with Gasteiger partial charge in [0.15, 0.2) is 0 Å². The summed E-state index contributed by atoms with van der Waals surface area (Å²) in [6.45, 7) is 4.65. The Morgan fingerprint density at radius 3 is 2.95 bits per heavy atom. The smallest absolute Gasteiger partial charge is 0.245 e. The molecule has 5 heteroatoms. The minimum absolute atomic E-state index is 0.0320. The number of nitrogens with zero attached hydrogens (tertiary/aromatic N) is 2. The fraction of sp³-hybridized carbons (Fsp3) is 0.429.